The second-order valence-corrected chi connectivity index (χ2v) is 5.14. The molecule has 96 valence electrons. The van der Waals surface area contributed by atoms with Crippen molar-refractivity contribution in [2.75, 3.05) is 0 Å². The predicted octanol–water partition coefficient (Wildman–Crippen LogP) is 2.98. The number of carboxylic acids is 1. The standard InChI is InChI=1S/C16H15NO2/c18-15(19)16(14-6-8-17-9-7-14)10-13(11-16)12-4-2-1-3-5-12/h1-9,13H,10-11H2,(H,18,19). The van der Waals surface area contributed by atoms with Gasteiger partial charge in [0.15, 0.2) is 0 Å². The van der Waals surface area contributed by atoms with Crippen LogP contribution in [0.15, 0.2) is 54.9 Å². The maximum absolute atomic E-state index is 11.7. The quantitative estimate of drug-likeness (QED) is 0.914. The molecule has 0 atom stereocenters. The van der Waals surface area contributed by atoms with Crippen molar-refractivity contribution >= 4 is 5.97 Å². The van der Waals surface area contributed by atoms with Crippen LogP contribution in [0.1, 0.15) is 29.9 Å². The fourth-order valence-corrected chi connectivity index (χ4v) is 2.95. The maximum Gasteiger partial charge on any atom is 0.314 e. The molecular formula is C16H15NO2. The normalized spacial score (nSPS) is 25.6. The first-order valence-corrected chi connectivity index (χ1v) is 6.41. The lowest BCUT2D eigenvalue weighted by atomic mass is 9.57. The molecule has 1 fully saturated rings. The zero-order chi connectivity index (χ0) is 13.3. The van der Waals surface area contributed by atoms with Crippen molar-refractivity contribution in [3.8, 4) is 0 Å². The van der Waals surface area contributed by atoms with Crippen molar-refractivity contribution in [3.63, 3.8) is 0 Å². The molecule has 3 nitrogen and oxygen atoms in total. The van der Waals surface area contributed by atoms with Crippen molar-refractivity contribution in [1.82, 2.24) is 4.98 Å². The van der Waals surface area contributed by atoms with Crippen LogP contribution in [0, 0.1) is 0 Å². The first-order valence-electron chi connectivity index (χ1n) is 6.41. The van der Waals surface area contributed by atoms with E-state index in [-0.39, 0.29) is 0 Å². The fraction of sp³-hybridized carbons (Fsp3) is 0.250. The molecule has 0 saturated heterocycles. The van der Waals surface area contributed by atoms with E-state index in [0.717, 1.165) is 5.56 Å². The van der Waals surface area contributed by atoms with Crippen LogP contribution in [-0.4, -0.2) is 16.1 Å². The molecule has 1 aromatic carbocycles. The number of hydrogen-bond donors (Lipinski definition) is 1. The molecule has 1 aliphatic carbocycles. The highest BCUT2D eigenvalue weighted by atomic mass is 16.4. The van der Waals surface area contributed by atoms with Crippen LogP contribution in [0.2, 0.25) is 0 Å². The third kappa shape index (κ3) is 1.91. The van der Waals surface area contributed by atoms with Gasteiger partial charge in [0.2, 0.25) is 0 Å². The summed E-state index contributed by atoms with van der Waals surface area (Å²) in [5.74, 6) is -0.392. The number of aliphatic carboxylic acids is 1. The Morgan fingerprint density at radius 3 is 2.32 bits per heavy atom. The molecule has 19 heavy (non-hydrogen) atoms. The molecule has 0 bridgehead atoms. The van der Waals surface area contributed by atoms with Crippen molar-refractivity contribution in [3.05, 3.63) is 66.0 Å². The molecule has 0 aliphatic heterocycles. The zero-order valence-electron chi connectivity index (χ0n) is 10.5. The summed E-state index contributed by atoms with van der Waals surface area (Å²) in [6.45, 7) is 0. The van der Waals surface area contributed by atoms with Gasteiger partial charge in [0.05, 0.1) is 5.41 Å². The number of carboxylic acid groups (broad SMARTS) is 1. The van der Waals surface area contributed by atoms with E-state index < -0.39 is 11.4 Å². The van der Waals surface area contributed by atoms with E-state index in [4.69, 9.17) is 0 Å². The summed E-state index contributed by atoms with van der Waals surface area (Å²) in [7, 11) is 0. The van der Waals surface area contributed by atoms with Gasteiger partial charge in [0.1, 0.15) is 0 Å². The molecule has 0 unspecified atom stereocenters. The number of pyridine rings is 1. The Morgan fingerprint density at radius 1 is 1.11 bits per heavy atom. The Labute approximate surface area is 111 Å². The summed E-state index contributed by atoms with van der Waals surface area (Å²) >= 11 is 0. The second kappa shape index (κ2) is 4.50. The molecule has 1 N–H and O–H groups in total. The topological polar surface area (TPSA) is 50.2 Å². The van der Waals surface area contributed by atoms with Crippen LogP contribution in [0.5, 0.6) is 0 Å². The van der Waals surface area contributed by atoms with Crippen LogP contribution >= 0.6 is 0 Å². The summed E-state index contributed by atoms with van der Waals surface area (Å²) in [4.78, 5) is 15.6. The third-order valence-corrected chi connectivity index (χ3v) is 4.10. The highest BCUT2D eigenvalue weighted by molar-refractivity contribution is 5.83. The lowest BCUT2D eigenvalue weighted by Gasteiger charge is -2.45. The van der Waals surface area contributed by atoms with Crippen molar-refractivity contribution in [1.29, 1.82) is 0 Å². The van der Waals surface area contributed by atoms with Gasteiger partial charge in [0, 0.05) is 12.4 Å². The number of rotatable bonds is 3. The summed E-state index contributed by atoms with van der Waals surface area (Å²) in [5, 5.41) is 9.58. The summed E-state index contributed by atoms with van der Waals surface area (Å²) in [5.41, 5.74) is 1.36. The van der Waals surface area contributed by atoms with Gasteiger partial charge < -0.3 is 5.11 Å². The average molecular weight is 253 g/mol. The third-order valence-electron chi connectivity index (χ3n) is 4.10. The zero-order valence-corrected chi connectivity index (χ0v) is 10.5. The molecule has 1 aromatic heterocycles. The molecule has 3 heteroatoms. The van der Waals surface area contributed by atoms with E-state index >= 15 is 0 Å². The minimum atomic E-state index is -0.733. The van der Waals surface area contributed by atoms with E-state index in [9.17, 15) is 9.90 Å². The summed E-state index contributed by atoms with van der Waals surface area (Å²) in [6, 6.07) is 13.8. The first kappa shape index (κ1) is 11.9. The van der Waals surface area contributed by atoms with Gasteiger partial charge in [-0.25, -0.2) is 0 Å². The number of aromatic nitrogens is 1. The Hall–Kier alpha value is -2.16. The van der Waals surface area contributed by atoms with Crippen LogP contribution < -0.4 is 0 Å². The Bertz CT molecular complexity index is 574. The van der Waals surface area contributed by atoms with E-state index in [1.54, 1.807) is 12.4 Å². The molecule has 0 radical (unpaired) electrons. The van der Waals surface area contributed by atoms with Gasteiger partial charge in [-0.15, -0.1) is 0 Å². The second-order valence-electron chi connectivity index (χ2n) is 5.14. The number of carbonyl (C=O) groups is 1. The minimum absolute atomic E-state index is 0.338. The number of nitrogens with zero attached hydrogens (tertiary/aromatic N) is 1. The van der Waals surface area contributed by atoms with Gasteiger partial charge in [0.25, 0.3) is 0 Å². The van der Waals surface area contributed by atoms with Crippen LogP contribution in [0.25, 0.3) is 0 Å². The maximum atomic E-state index is 11.7. The van der Waals surface area contributed by atoms with Crippen molar-refractivity contribution in [2.45, 2.75) is 24.2 Å². The molecule has 2 aromatic rings. The van der Waals surface area contributed by atoms with E-state index in [1.165, 1.54) is 5.56 Å². The van der Waals surface area contributed by atoms with Crippen LogP contribution in [0.3, 0.4) is 0 Å². The van der Waals surface area contributed by atoms with Gasteiger partial charge in [-0.2, -0.15) is 0 Å². The molecule has 1 heterocycles. The van der Waals surface area contributed by atoms with Gasteiger partial charge in [-0.1, -0.05) is 30.3 Å². The SMILES string of the molecule is O=C(O)C1(c2ccncc2)CC(c2ccccc2)C1. The monoisotopic (exact) mass is 253 g/mol. The van der Waals surface area contributed by atoms with E-state index in [1.807, 2.05) is 30.3 Å². The number of hydrogen-bond acceptors (Lipinski definition) is 2. The lowest BCUT2D eigenvalue weighted by molar-refractivity contribution is -0.148. The first-order chi connectivity index (χ1) is 9.22. The average Bonchev–Trinajstić information content (AvgIpc) is 2.40. The van der Waals surface area contributed by atoms with E-state index in [0.29, 0.717) is 18.8 Å². The molecule has 1 aliphatic rings. The van der Waals surface area contributed by atoms with Crippen molar-refractivity contribution in [2.24, 2.45) is 0 Å². The predicted molar refractivity (Wildman–Crippen MR) is 72.0 cm³/mol. The summed E-state index contributed by atoms with van der Waals surface area (Å²) < 4.78 is 0. The van der Waals surface area contributed by atoms with Gasteiger partial charge in [-0.3, -0.25) is 9.78 Å². The van der Waals surface area contributed by atoms with E-state index in [2.05, 4.69) is 17.1 Å². The van der Waals surface area contributed by atoms with Crippen LogP contribution in [-0.2, 0) is 10.2 Å². The van der Waals surface area contributed by atoms with Gasteiger partial charge in [-0.05, 0) is 42.0 Å². The highest BCUT2D eigenvalue weighted by Gasteiger charge is 2.51. The highest BCUT2D eigenvalue weighted by Crippen LogP contribution is 2.52. The smallest absolute Gasteiger partial charge is 0.314 e. The molecule has 3 rings (SSSR count). The molecule has 0 spiro atoms. The fourth-order valence-electron chi connectivity index (χ4n) is 2.95. The largest absolute Gasteiger partial charge is 0.481 e. The van der Waals surface area contributed by atoms with Crippen LogP contribution in [0.4, 0.5) is 0 Å². The summed E-state index contributed by atoms with van der Waals surface area (Å²) in [6.07, 6.45) is 4.65. The minimum Gasteiger partial charge on any atom is -0.481 e. The van der Waals surface area contributed by atoms with Gasteiger partial charge >= 0.3 is 5.97 Å². The molecule has 0 amide bonds. The van der Waals surface area contributed by atoms with Crippen molar-refractivity contribution < 1.29 is 9.90 Å². The molecular weight excluding hydrogens is 238 g/mol. The number of benzene rings is 1. The Morgan fingerprint density at radius 2 is 1.74 bits per heavy atom. The Kier molecular flexibility index (Phi) is 2.82. The Balaban J connectivity index is 1.87. The lowest BCUT2D eigenvalue weighted by Crippen LogP contribution is -2.46. The molecule has 1 saturated carbocycles.